The first-order valence-corrected chi connectivity index (χ1v) is 10.5. The number of furan rings is 1. The predicted octanol–water partition coefficient (Wildman–Crippen LogP) is 4.75. The van der Waals surface area contributed by atoms with Gasteiger partial charge in [-0.05, 0) is 61.0 Å². The summed E-state index contributed by atoms with van der Waals surface area (Å²) in [5, 5.41) is 4.47. The van der Waals surface area contributed by atoms with Gasteiger partial charge in [0.15, 0.2) is 5.11 Å². The molecule has 160 valence electrons. The van der Waals surface area contributed by atoms with Gasteiger partial charge in [-0.3, -0.25) is 5.43 Å². The smallest absolute Gasteiger partial charge is 0.379 e. The maximum atomic E-state index is 13.1. The van der Waals surface area contributed by atoms with Gasteiger partial charge in [0.1, 0.15) is 11.5 Å². The minimum atomic E-state index is -0.506. The lowest BCUT2D eigenvalue weighted by Crippen LogP contribution is -2.31. The van der Waals surface area contributed by atoms with Gasteiger partial charge in [0.05, 0.1) is 5.71 Å². The lowest BCUT2D eigenvalue weighted by atomic mass is 9.75. The van der Waals surface area contributed by atoms with Crippen molar-refractivity contribution in [2.45, 2.75) is 60.3 Å². The molecule has 0 saturated carbocycles. The molecule has 30 heavy (non-hydrogen) atoms. The van der Waals surface area contributed by atoms with Crippen LogP contribution in [0, 0.1) is 19.3 Å². The second kappa shape index (κ2) is 8.22. The van der Waals surface area contributed by atoms with Crippen molar-refractivity contribution in [2.75, 3.05) is 0 Å². The molecule has 1 aliphatic rings. The molecule has 0 aliphatic heterocycles. The molecule has 0 amide bonds. The zero-order valence-electron chi connectivity index (χ0n) is 18.4. The number of nitrogens with two attached hydrogens (primary N) is 1. The van der Waals surface area contributed by atoms with E-state index in [1.165, 1.54) is 0 Å². The summed E-state index contributed by atoms with van der Waals surface area (Å²) < 4.78 is 11.8. The highest BCUT2D eigenvalue weighted by Gasteiger charge is 2.36. The summed E-state index contributed by atoms with van der Waals surface area (Å²) in [4.78, 5) is 13.1. The quantitative estimate of drug-likeness (QED) is 0.317. The minimum absolute atomic E-state index is 0.0729. The molecule has 0 bridgehead atoms. The first-order chi connectivity index (χ1) is 14.0. The number of ether oxygens (including phenoxy) is 1. The van der Waals surface area contributed by atoms with E-state index in [0.717, 1.165) is 28.2 Å². The molecule has 6 nitrogen and oxygen atoms in total. The largest absolute Gasteiger partial charge is 0.453 e. The Balaban J connectivity index is 2.00. The fourth-order valence-corrected chi connectivity index (χ4v) is 3.93. The molecule has 7 heteroatoms. The number of thiocarbonyl (C=S) groups is 1. The summed E-state index contributed by atoms with van der Waals surface area (Å²) in [6.45, 7) is 12.2. The number of nitrogens with zero attached hydrogens (tertiary/aromatic N) is 1. The van der Waals surface area contributed by atoms with Gasteiger partial charge in [-0.15, -0.1) is 0 Å². The lowest BCUT2D eigenvalue weighted by molar-refractivity contribution is 0.0695. The van der Waals surface area contributed by atoms with Gasteiger partial charge in [0, 0.05) is 17.5 Å². The maximum absolute atomic E-state index is 13.1. The highest BCUT2D eigenvalue weighted by Crippen LogP contribution is 2.39. The van der Waals surface area contributed by atoms with E-state index < -0.39 is 5.97 Å². The Bertz CT molecular complexity index is 1030. The molecular weight excluding hydrogens is 398 g/mol. The first-order valence-electron chi connectivity index (χ1n) is 10.1. The SMILES string of the molecule is Cc1ccc(C(C)C)c(OC(=O)c2oc3c(c2C)/C(=N\NC(N)=S)CC(C)(C)C3)c1. The third-order valence-electron chi connectivity index (χ3n) is 5.27. The summed E-state index contributed by atoms with van der Waals surface area (Å²) in [5.74, 6) is 1.22. The summed E-state index contributed by atoms with van der Waals surface area (Å²) in [5.41, 5.74) is 12.5. The molecular formula is C23H29N3O3S. The summed E-state index contributed by atoms with van der Waals surface area (Å²) in [7, 11) is 0. The number of fused-ring (bicyclic) bond motifs is 1. The zero-order chi connectivity index (χ0) is 22.2. The van der Waals surface area contributed by atoms with Crippen LogP contribution in [0.1, 0.15) is 78.6 Å². The van der Waals surface area contributed by atoms with E-state index in [1.807, 2.05) is 32.0 Å². The van der Waals surface area contributed by atoms with Crippen LogP contribution >= 0.6 is 12.2 Å². The molecule has 0 saturated heterocycles. The average molecular weight is 428 g/mol. The van der Waals surface area contributed by atoms with Crippen LogP contribution in [0.2, 0.25) is 0 Å². The van der Waals surface area contributed by atoms with Crippen molar-refractivity contribution in [2.24, 2.45) is 16.3 Å². The molecule has 0 radical (unpaired) electrons. The van der Waals surface area contributed by atoms with Crippen LogP contribution in [0.5, 0.6) is 5.75 Å². The molecule has 3 N–H and O–H groups in total. The Labute approximate surface area is 182 Å². The molecule has 0 spiro atoms. The molecule has 1 heterocycles. The molecule has 0 unspecified atom stereocenters. The summed E-state index contributed by atoms with van der Waals surface area (Å²) >= 11 is 4.88. The van der Waals surface area contributed by atoms with Gasteiger partial charge in [0.25, 0.3) is 0 Å². The van der Waals surface area contributed by atoms with Crippen LogP contribution in [0.3, 0.4) is 0 Å². The molecule has 1 aromatic heterocycles. The van der Waals surface area contributed by atoms with Crippen LogP contribution in [-0.4, -0.2) is 16.8 Å². The molecule has 0 atom stereocenters. The maximum Gasteiger partial charge on any atom is 0.379 e. The van der Waals surface area contributed by atoms with Gasteiger partial charge < -0.3 is 14.9 Å². The number of nitrogens with one attached hydrogen (secondary N) is 1. The number of benzene rings is 1. The van der Waals surface area contributed by atoms with Crippen molar-refractivity contribution in [1.82, 2.24) is 5.43 Å². The first kappa shape index (κ1) is 22.0. The Morgan fingerprint density at radius 3 is 2.63 bits per heavy atom. The lowest BCUT2D eigenvalue weighted by Gasteiger charge is -2.29. The zero-order valence-corrected chi connectivity index (χ0v) is 19.2. The number of aryl methyl sites for hydroxylation is 1. The number of hydrogen-bond acceptors (Lipinski definition) is 5. The van der Waals surface area contributed by atoms with Crippen LogP contribution in [0.15, 0.2) is 27.7 Å². The number of hydrazone groups is 1. The van der Waals surface area contributed by atoms with Gasteiger partial charge in [-0.1, -0.05) is 39.8 Å². The van der Waals surface area contributed by atoms with E-state index in [0.29, 0.717) is 24.2 Å². The van der Waals surface area contributed by atoms with Gasteiger partial charge in [0.2, 0.25) is 5.76 Å². The monoisotopic (exact) mass is 427 g/mol. The van der Waals surface area contributed by atoms with Gasteiger partial charge >= 0.3 is 5.97 Å². The Kier molecular flexibility index (Phi) is 6.04. The topological polar surface area (TPSA) is 89.8 Å². The van der Waals surface area contributed by atoms with E-state index in [1.54, 1.807) is 0 Å². The van der Waals surface area contributed by atoms with Crippen molar-refractivity contribution in [1.29, 1.82) is 0 Å². The van der Waals surface area contributed by atoms with Gasteiger partial charge in [-0.2, -0.15) is 5.10 Å². The summed E-state index contributed by atoms with van der Waals surface area (Å²) in [6, 6.07) is 5.90. The predicted molar refractivity (Wildman–Crippen MR) is 122 cm³/mol. The van der Waals surface area contributed by atoms with Crippen molar-refractivity contribution in [3.8, 4) is 5.75 Å². The van der Waals surface area contributed by atoms with Crippen molar-refractivity contribution >= 4 is 29.0 Å². The highest BCUT2D eigenvalue weighted by molar-refractivity contribution is 7.80. The van der Waals surface area contributed by atoms with Crippen LogP contribution < -0.4 is 15.9 Å². The van der Waals surface area contributed by atoms with Crippen LogP contribution in [0.25, 0.3) is 0 Å². The summed E-state index contributed by atoms with van der Waals surface area (Å²) in [6.07, 6.45) is 1.41. The van der Waals surface area contributed by atoms with Crippen LogP contribution in [-0.2, 0) is 6.42 Å². The molecule has 0 fully saturated rings. The molecule has 3 rings (SSSR count). The van der Waals surface area contributed by atoms with Crippen molar-refractivity contribution in [3.05, 3.63) is 52.0 Å². The van der Waals surface area contributed by atoms with Crippen molar-refractivity contribution < 1.29 is 13.9 Å². The Morgan fingerprint density at radius 2 is 2.00 bits per heavy atom. The normalized spacial score (nSPS) is 16.4. The van der Waals surface area contributed by atoms with Crippen LogP contribution in [0.4, 0.5) is 0 Å². The third-order valence-corrected chi connectivity index (χ3v) is 5.36. The van der Waals surface area contributed by atoms with E-state index in [4.69, 9.17) is 27.1 Å². The fourth-order valence-electron chi connectivity index (χ4n) is 3.88. The fraction of sp³-hybridized carbons (Fsp3) is 0.435. The van der Waals surface area contributed by atoms with Gasteiger partial charge in [-0.25, -0.2) is 4.79 Å². The second-order valence-corrected chi connectivity index (χ2v) is 9.43. The third kappa shape index (κ3) is 4.56. The minimum Gasteiger partial charge on any atom is -0.453 e. The molecule has 1 aliphatic carbocycles. The second-order valence-electron chi connectivity index (χ2n) is 8.99. The number of carbonyl (C=O) groups excluding carboxylic acids is 1. The van der Waals surface area contributed by atoms with Crippen molar-refractivity contribution in [3.63, 3.8) is 0 Å². The standard InChI is InChI=1S/C23H29N3O3S/c1-12(2)15-8-7-13(3)9-17(15)29-21(27)20-14(4)19-16(25-26-22(24)30)10-23(5,6)11-18(19)28-20/h7-9,12H,10-11H2,1-6H3,(H3,24,26,30)/b25-16-. The molecule has 1 aromatic carbocycles. The average Bonchev–Trinajstić information content (AvgIpc) is 2.94. The molecule has 2 aromatic rings. The van der Waals surface area contributed by atoms with E-state index in [-0.39, 0.29) is 22.2 Å². The van der Waals surface area contributed by atoms with E-state index in [9.17, 15) is 4.79 Å². The Morgan fingerprint density at radius 1 is 1.30 bits per heavy atom. The van der Waals surface area contributed by atoms with E-state index in [2.05, 4.69) is 38.2 Å². The number of hydrogen-bond donors (Lipinski definition) is 2. The number of esters is 1. The number of carbonyl (C=O) groups is 1. The number of rotatable bonds is 4. The highest BCUT2D eigenvalue weighted by atomic mass is 32.1. The van der Waals surface area contributed by atoms with E-state index >= 15 is 0 Å². The Hall–Kier alpha value is -2.67.